The molecule has 0 saturated heterocycles. The number of anilines is 1. The average molecular weight is 483 g/mol. The summed E-state index contributed by atoms with van der Waals surface area (Å²) in [5.74, 6) is -0.513. The van der Waals surface area contributed by atoms with Crippen molar-refractivity contribution in [2.24, 2.45) is 0 Å². The zero-order chi connectivity index (χ0) is 23.6. The number of carbonyl (C=O) groups is 2. The average Bonchev–Trinajstić information content (AvgIpc) is 3.40. The normalized spacial score (nSPS) is 15.4. The molecule has 0 saturated carbocycles. The number of hydrogen-bond acceptors (Lipinski definition) is 9. The smallest absolute Gasteiger partial charge is 0.276 e. The lowest BCUT2D eigenvalue weighted by atomic mass is 10.1. The number of aromatic hydroxyl groups is 1. The maximum absolute atomic E-state index is 12.8. The molecule has 0 fully saturated rings. The Morgan fingerprint density at radius 3 is 2.38 bits per heavy atom. The van der Waals surface area contributed by atoms with E-state index in [1.807, 2.05) is 6.92 Å². The first-order chi connectivity index (χ1) is 15.1. The van der Waals surface area contributed by atoms with Crippen LogP contribution >= 0.6 is 11.3 Å². The van der Waals surface area contributed by atoms with Crippen LogP contribution < -0.4 is 16.0 Å². The molecule has 1 atom stereocenters. The largest absolute Gasteiger partial charge is 0.504 e. The molecular formula is C20H26N4O6S2. The molecule has 1 aliphatic heterocycles. The highest BCUT2D eigenvalue weighted by molar-refractivity contribution is 7.91. The Hall–Kier alpha value is -2.83. The topological polar surface area (TPSA) is 141 Å². The van der Waals surface area contributed by atoms with Gasteiger partial charge in [0.1, 0.15) is 22.9 Å². The number of thiophene rings is 1. The van der Waals surface area contributed by atoms with Gasteiger partial charge in [-0.3, -0.25) is 14.9 Å². The fourth-order valence-corrected chi connectivity index (χ4v) is 6.16. The van der Waals surface area contributed by atoms with Crippen LogP contribution in [0.25, 0.3) is 0 Å². The van der Waals surface area contributed by atoms with E-state index in [2.05, 4.69) is 16.0 Å². The first-order valence-electron chi connectivity index (χ1n) is 10.1. The van der Waals surface area contributed by atoms with Gasteiger partial charge in [0, 0.05) is 18.5 Å². The molecule has 0 bridgehead atoms. The summed E-state index contributed by atoms with van der Waals surface area (Å²) in [6.07, 6.45) is 0.571. The second kappa shape index (κ2) is 9.35. The summed E-state index contributed by atoms with van der Waals surface area (Å²) in [7, 11) is -3.89. The highest BCUT2D eigenvalue weighted by Crippen LogP contribution is 2.40. The maximum Gasteiger partial charge on any atom is 0.276 e. The molecule has 0 spiro atoms. The monoisotopic (exact) mass is 482 g/mol. The van der Waals surface area contributed by atoms with E-state index in [4.69, 9.17) is 4.42 Å². The van der Waals surface area contributed by atoms with Gasteiger partial charge in [-0.15, -0.1) is 11.3 Å². The number of aryl methyl sites for hydroxylation is 1. The molecule has 1 aliphatic rings. The summed E-state index contributed by atoms with van der Waals surface area (Å²) >= 11 is 0.830. The maximum atomic E-state index is 12.8. The number of nitrogens with one attached hydrogen (secondary N) is 3. The Morgan fingerprint density at radius 1 is 1.16 bits per heavy atom. The highest BCUT2D eigenvalue weighted by Gasteiger charge is 2.35. The summed E-state index contributed by atoms with van der Waals surface area (Å²) in [5, 5.41) is 19.9. The van der Waals surface area contributed by atoms with Crippen molar-refractivity contribution in [1.82, 2.24) is 14.9 Å². The molecule has 4 N–H and O–H groups in total. The molecule has 0 aromatic carbocycles. The quantitative estimate of drug-likeness (QED) is 0.378. The van der Waals surface area contributed by atoms with Crippen LogP contribution in [-0.4, -0.2) is 42.7 Å². The van der Waals surface area contributed by atoms with Crippen molar-refractivity contribution >= 4 is 38.9 Å². The Labute approximate surface area is 190 Å². The van der Waals surface area contributed by atoms with E-state index in [0.29, 0.717) is 17.9 Å². The second-order valence-electron chi connectivity index (χ2n) is 7.09. The SMILES string of the molecule is CC[C@@H](NC1=C(Nc2csc(S(=O)(=O)N(CC)CC)c2O)C(=O)NC1=O)c1ccc(C)o1. The number of nitrogens with zero attached hydrogens (tertiary/aromatic N) is 1. The minimum absolute atomic E-state index is 0.0155. The predicted molar refractivity (Wildman–Crippen MR) is 120 cm³/mol. The molecule has 2 aromatic rings. The van der Waals surface area contributed by atoms with Crippen LogP contribution in [0.4, 0.5) is 5.69 Å². The summed E-state index contributed by atoms with van der Waals surface area (Å²) in [6.45, 7) is 7.60. The van der Waals surface area contributed by atoms with Crippen molar-refractivity contribution in [3.63, 3.8) is 0 Å². The van der Waals surface area contributed by atoms with Crippen LogP contribution in [0.15, 0.2) is 37.5 Å². The molecule has 2 amide bonds. The third-order valence-corrected chi connectivity index (χ3v) is 8.57. The number of imide groups is 1. The number of rotatable bonds is 10. The minimum Gasteiger partial charge on any atom is -0.504 e. The van der Waals surface area contributed by atoms with E-state index in [1.54, 1.807) is 32.9 Å². The summed E-state index contributed by atoms with van der Waals surface area (Å²) < 4.78 is 32.2. The van der Waals surface area contributed by atoms with Crippen LogP contribution in [0.2, 0.25) is 0 Å². The molecule has 2 aromatic heterocycles. The number of furan rings is 1. The zero-order valence-electron chi connectivity index (χ0n) is 18.2. The van der Waals surface area contributed by atoms with E-state index in [0.717, 1.165) is 11.3 Å². The standard InChI is InChI=1S/C20H26N4O6S2/c1-5-12(14-9-8-11(4)30-14)21-15-16(19(27)23-18(15)26)22-13-10-31-20(17(13)25)32(28,29)24(6-2)7-3/h8-10,12,25H,5-7H2,1-4H3,(H3,21,22,23,26,27)/t12-/m1/s1. The second-order valence-corrected chi connectivity index (χ2v) is 10.1. The molecule has 32 heavy (non-hydrogen) atoms. The van der Waals surface area contributed by atoms with Crippen molar-refractivity contribution in [3.8, 4) is 5.75 Å². The van der Waals surface area contributed by atoms with Crippen LogP contribution in [-0.2, 0) is 19.6 Å². The Bertz CT molecular complexity index is 1160. The van der Waals surface area contributed by atoms with Gasteiger partial charge in [0.25, 0.3) is 21.8 Å². The lowest BCUT2D eigenvalue weighted by Crippen LogP contribution is -2.30. The van der Waals surface area contributed by atoms with Gasteiger partial charge in [-0.1, -0.05) is 20.8 Å². The Morgan fingerprint density at radius 2 is 1.81 bits per heavy atom. The summed E-state index contributed by atoms with van der Waals surface area (Å²) in [6, 6.07) is 3.21. The molecule has 0 radical (unpaired) electrons. The highest BCUT2D eigenvalue weighted by atomic mass is 32.2. The van der Waals surface area contributed by atoms with Crippen LogP contribution in [0.1, 0.15) is 44.8 Å². The van der Waals surface area contributed by atoms with Crippen molar-refractivity contribution < 1.29 is 27.5 Å². The number of hydrogen-bond donors (Lipinski definition) is 4. The molecular weight excluding hydrogens is 456 g/mol. The third-order valence-electron chi connectivity index (χ3n) is 5.03. The molecule has 174 valence electrons. The zero-order valence-corrected chi connectivity index (χ0v) is 19.8. The molecule has 0 aliphatic carbocycles. The van der Waals surface area contributed by atoms with Gasteiger partial charge in [0.15, 0.2) is 9.96 Å². The van der Waals surface area contributed by atoms with Crippen molar-refractivity contribution in [3.05, 3.63) is 40.4 Å². The van der Waals surface area contributed by atoms with Gasteiger partial charge in [-0.05, 0) is 25.5 Å². The number of carbonyl (C=O) groups excluding carboxylic acids is 2. The van der Waals surface area contributed by atoms with Gasteiger partial charge in [-0.25, -0.2) is 8.42 Å². The van der Waals surface area contributed by atoms with Crippen LogP contribution in [0, 0.1) is 6.92 Å². The van der Waals surface area contributed by atoms with Gasteiger partial charge >= 0.3 is 0 Å². The van der Waals surface area contributed by atoms with Crippen molar-refractivity contribution in [2.75, 3.05) is 18.4 Å². The fourth-order valence-electron chi connectivity index (χ4n) is 3.32. The van der Waals surface area contributed by atoms with Crippen LogP contribution in [0.5, 0.6) is 5.75 Å². The van der Waals surface area contributed by atoms with Crippen molar-refractivity contribution in [2.45, 2.75) is 44.4 Å². The van der Waals surface area contributed by atoms with E-state index in [1.165, 1.54) is 9.69 Å². The fraction of sp³-hybridized carbons (Fsp3) is 0.400. The minimum atomic E-state index is -3.89. The number of sulfonamides is 1. The number of amides is 2. The molecule has 10 nitrogen and oxygen atoms in total. The van der Waals surface area contributed by atoms with Gasteiger partial charge < -0.3 is 20.2 Å². The molecule has 3 heterocycles. The van der Waals surface area contributed by atoms with Crippen molar-refractivity contribution in [1.29, 1.82) is 0 Å². The Balaban J connectivity index is 1.94. The first-order valence-corrected chi connectivity index (χ1v) is 12.5. The lowest BCUT2D eigenvalue weighted by molar-refractivity contribution is -0.124. The summed E-state index contributed by atoms with van der Waals surface area (Å²) in [4.78, 5) is 24.8. The first kappa shape index (κ1) is 23.8. The lowest BCUT2D eigenvalue weighted by Gasteiger charge is -2.18. The summed E-state index contributed by atoms with van der Waals surface area (Å²) in [5.41, 5.74) is -0.118. The predicted octanol–water partition coefficient (Wildman–Crippen LogP) is 2.41. The van der Waals surface area contributed by atoms with Gasteiger partial charge in [0.2, 0.25) is 0 Å². The van der Waals surface area contributed by atoms with E-state index >= 15 is 0 Å². The molecule has 12 heteroatoms. The Kier molecular flexibility index (Phi) is 6.96. The van der Waals surface area contributed by atoms with E-state index in [9.17, 15) is 23.1 Å². The third kappa shape index (κ3) is 4.38. The van der Waals surface area contributed by atoms with Gasteiger partial charge in [-0.2, -0.15) is 4.31 Å². The van der Waals surface area contributed by atoms with E-state index < -0.39 is 27.6 Å². The van der Waals surface area contributed by atoms with Crippen LogP contribution in [0.3, 0.4) is 0 Å². The molecule has 0 unspecified atom stereocenters. The molecule has 3 rings (SSSR count). The van der Waals surface area contributed by atoms with Gasteiger partial charge in [0.05, 0.1) is 11.7 Å². The van der Waals surface area contributed by atoms with E-state index in [-0.39, 0.29) is 40.4 Å².